The number of carbonyl (C=O) groups excluding carboxylic acids is 1. The van der Waals surface area contributed by atoms with Gasteiger partial charge >= 0.3 is 0 Å². The van der Waals surface area contributed by atoms with Crippen LogP contribution in [0.3, 0.4) is 0 Å². The molecule has 1 saturated heterocycles. The van der Waals surface area contributed by atoms with E-state index in [1.54, 1.807) is 28.9 Å². The standard InChI is InChI=1S/C23H22F2N4O/c24-16-4-8-18(9-5-16)27-12-14-28(15-13-27)23(30)22-20-2-1-3-21(20)29(26-22)19-10-6-17(25)7-11-19/h4-11H,1-3,12-15H2. The molecule has 2 heterocycles. The first kappa shape index (κ1) is 18.8. The number of halogens is 2. The predicted octanol–water partition coefficient (Wildman–Crippen LogP) is 3.60. The molecule has 3 aromatic rings. The monoisotopic (exact) mass is 408 g/mol. The zero-order chi connectivity index (χ0) is 20.7. The number of fused-ring (bicyclic) bond motifs is 1. The van der Waals surface area contributed by atoms with Crippen LogP contribution in [0.15, 0.2) is 48.5 Å². The molecular weight excluding hydrogens is 386 g/mol. The van der Waals surface area contributed by atoms with Crippen molar-refractivity contribution in [1.82, 2.24) is 14.7 Å². The molecule has 7 heteroatoms. The van der Waals surface area contributed by atoms with E-state index in [4.69, 9.17) is 0 Å². The van der Waals surface area contributed by atoms with E-state index in [-0.39, 0.29) is 17.5 Å². The van der Waals surface area contributed by atoms with Crippen molar-refractivity contribution in [3.05, 3.63) is 77.1 Å². The van der Waals surface area contributed by atoms with E-state index in [1.165, 1.54) is 24.3 Å². The Morgan fingerprint density at radius 1 is 0.800 bits per heavy atom. The van der Waals surface area contributed by atoms with E-state index >= 15 is 0 Å². The predicted molar refractivity (Wildman–Crippen MR) is 110 cm³/mol. The molecule has 0 unspecified atom stereocenters. The molecule has 1 aliphatic heterocycles. The van der Waals surface area contributed by atoms with Gasteiger partial charge in [0.1, 0.15) is 11.6 Å². The van der Waals surface area contributed by atoms with Crippen molar-refractivity contribution >= 4 is 11.6 Å². The number of amides is 1. The lowest BCUT2D eigenvalue weighted by molar-refractivity contribution is 0.0739. The normalized spacial score (nSPS) is 16.1. The summed E-state index contributed by atoms with van der Waals surface area (Å²) in [7, 11) is 0. The third kappa shape index (κ3) is 3.34. The van der Waals surface area contributed by atoms with Gasteiger partial charge in [-0.25, -0.2) is 13.5 Å². The zero-order valence-corrected chi connectivity index (χ0v) is 16.5. The maximum Gasteiger partial charge on any atom is 0.274 e. The average Bonchev–Trinajstić information content (AvgIpc) is 3.38. The highest BCUT2D eigenvalue weighted by Crippen LogP contribution is 2.29. The summed E-state index contributed by atoms with van der Waals surface area (Å²) in [6.45, 7) is 2.57. The van der Waals surface area contributed by atoms with Crippen LogP contribution in [0.1, 0.15) is 28.2 Å². The van der Waals surface area contributed by atoms with Gasteiger partial charge in [0.05, 0.1) is 5.69 Å². The first-order chi connectivity index (χ1) is 14.6. The molecule has 0 saturated carbocycles. The fraction of sp³-hybridized carbons (Fsp3) is 0.304. The largest absolute Gasteiger partial charge is 0.368 e. The van der Waals surface area contributed by atoms with Crippen LogP contribution in [0, 0.1) is 11.6 Å². The molecule has 5 rings (SSSR count). The molecule has 154 valence electrons. The minimum absolute atomic E-state index is 0.0484. The third-order valence-corrected chi connectivity index (χ3v) is 5.96. The molecule has 2 aromatic carbocycles. The number of carbonyl (C=O) groups is 1. The fourth-order valence-corrected chi connectivity index (χ4v) is 4.37. The second-order valence-electron chi connectivity index (χ2n) is 7.77. The zero-order valence-electron chi connectivity index (χ0n) is 16.5. The van der Waals surface area contributed by atoms with E-state index in [0.717, 1.165) is 41.9 Å². The lowest BCUT2D eigenvalue weighted by Crippen LogP contribution is -2.49. The number of piperazine rings is 1. The second-order valence-corrected chi connectivity index (χ2v) is 7.77. The number of aromatic nitrogens is 2. The van der Waals surface area contributed by atoms with Crippen LogP contribution in [0.25, 0.3) is 5.69 Å². The van der Waals surface area contributed by atoms with Gasteiger partial charge in [0.25, 0.3) is 5.91 Å². The van der Waals surface area contributed by atoms with Gasteiger partial charge in [0.15, 0.2) is 5.69 Å². The second kappa shape index (κ2) is 7.55. The van der Waals surface area contributed by atoms with Crippen LogP contribution in [-0.4, -0.2) is 46.8 Å². The summed E-state index contributed by atoms with van der Waals surface area (Å²) in [6, 6.07) is 12.7. The third-order valence-electron chi connectivity index (χ3n) is 5.96. The molecule has 0 bridgehead atoms. The van der Waals surface area contributed by atoms with E-state index in [0.29, 0.717) is 31.9 Å². The summed E-state index contributed by atoms with van der Waals surface area (Å²) < 4.78 is 28.3. The van der Waals surface area contributed by atoms with Crippen LogP contribution < -0.4 is 4.90 Å². The molecule has 30 heavy (non-hydrogen) atoms. The van der Waals surface area contributed by atoms with Crippen molar-refractivity contribution in [3.63, 3.8) is 0 Å². The molecule has 1 aromatic heterocycles. The number of rotatable bonds is 3. The number of anilines is 1. The quantitative estimate of drug-likeness (QED) is 0.665. The Labute approximate surface area is 173 Å². The van der Waals surface area contributed by atoms with E-state index < -0.39 is 0 Å². The smallest absolute Gasteiger partial charge is 0.274 e. The van der Waals surface area contributed by atoms with Crippen molar-refractivity contribution in [2.75, 3.05) is 31.1 Å². The Balaban J connectivity index is 1.35. The molecular formula is C23H22F2N4O. The van der Waals surface area contributed by atoms with Crippen molar-refractivity contribution in [2.45, 2.75) is 19.3 Å². The Kier molecular flexibility index (Phi) is 4.73. The first-order valence-corrected chi connectivity index (χ1v) is 10.3. The Morgan fingerprint density at radius 3 is 2.03 bits per heavy atom. The maximum atomic E-state index is 13.3. The minimum Gasteiger partial charge on any atom is -0.368 e. The van der Waals surface area contributed by atoms with Gasteiger partial charge in [0.2, 0.25) is 0 Å². The number of benzene rings is 2. The van der Waals surface area contributed by atoms with Crippen LogP contribution in [-0.2, 0) is 12.8 Å². The van der Waals surface area contributed by atoms with E-state index in [2.05, 4.69) is 10.00 Å². The number of hydrogen-bond acceptors (Lipinski definition) is 3. The van der Waals surface area contributed by atoms with Gasteiger partial charge in [0, 0.05) is 43.1 Å². The number of hydrogen-bond donors (Lipinski definition) is 0. The van der Waals surface area contributed by atoms with Gasteiger partial charge in [-0.05, 0) is 67.8 Å². The van der Waals surface area contributed by atoms with Crippen molar-refractivity contribution < 1.29 is 13.6 Å². The SMILES string of the molecule is O=C(c1nn(-c2ccc(F)cc2)c2c1CCC2)N1CCN(c2ccc(F)cc2)CC1. The van der Waals surface area contributed by atoms with Crippen LogP contribution >= 0.6 is 0 Å². The summed E-state index contributed by atoms with van der Waals surface area (Å²) >= 11 is 0. The Bertz CT molecular complexity index is 1070. The minimum atomic E-state index is -0.294. The van der Waals surface area contributed by atoms with Crippen molar-refractivity contribution in [3.8, 4) is 5.69 Å². The first-order valence-electron chi connectivity index (χ1n) is 10.3. The lowest BCUT2D eigenvalue weighted by Gasteiger charge is -2.36. The van der Waals surface area contributed by atoms with Crippen molar-refractivity contribution in [1.29, 1.82) is 0 Å². The molecule has 0 N–H and O–H groups in total. The highest BCUT2D eigenvalue weighted by atomic mass is 19.1. The Morgan fingerprint density at radius 2 is 1.40 bits per heavy atom. The summed E-state index contributed by atoms with van der Waals surface area (Å²) in [5.74, 6) is -0.594. The lowest BCUT2D eigenvalue weighted by atomic mass is 10.1. The molecule has 0 atom stereocenters. The topological polar surface area (TPSA) is 41.4 Å². The molecule has 5 nitrogen and oxygen atoms in total. The Hall–Kier alpha value is -3.22. The summed E-state index contributed by atoms with van der Waals surface area (Å²) in [5, 5.41) is 4.64. The molecule has 1 amide bonds. The molecule has 0 spiro atoms. The average molecular weight is 408 g/mol. The van der Waals surface area contributed by atoms with Crippen LogP contribution in [0.2, 0.25) is 0 Å². The number of nitrogens with zero attached hydrogens (tertiary/aromatic N) is 4. The maximum absolute atomic E-state index is 13.3. The van der Waals surface area contributed by atoms with Crippen LogP contribution in [0.4, 0.5) is 14.5 Å². The highest BCUT2D eigenvalue weighted by Gasteiger charge is 2.31. The molecule has 1 aliphatic carbocycles. The van der Waals surface area contributed by atoms with Crippen molar-refractivity contribution in [2.24, 2.45) is 0 Å². The highest BCUT2D eigenvalue weighted by molar-refractivity contribution is 5.94. The van der Waals surface area contributed by atoms with Gasteiger partial charge in [-0.15, -0.1) is 0 Å². The van der Waals surface area contributed by atoms with Gasteiger partial charge in [-0.1, -0.05) is 0 Å². The fourth-order valence-electron chi connectivity index (χ4n) is 4.37. The molecule has 0 radical (unpaired) electrons. The summed E-state index contributed by atoms with van der Waals surface area (Å²) in [5.41, 5.74) is 4.32. The van der Waals surface area contributed by atoms with Crippen LogP contribution in [0.5, 0.6) is 0 Å². The van der Waals surface area contributed by atoms with E-state index in [1.807, 2.05) is 4.90 Å². The molecule has 2 aliphatic rings. The molecule has 1 fully saturated rings. The van der Waals surface area contributed by atoms with Gasteiger partial charge in [-0.2, -0.15) is 5.10 Å². The van der Waals surface area contributed by atoms with Gasteiger partial charge < -0.3 is 9.80 Å². The van der Waals surface area contributed by atoms with Gasteiger partial charge in [-0.3, -0.25) is 4.79 Å². The van der Waals surface area contributed by atoms with E-state index in [9.17, 15) is 13.6 Å². The summed E-state index contributed by atoms with van der Waals surface area (Å²) in [6.07, 6.45) is 2.70. The summed E-state index contributed by atoms with van der Waals surface area (Å²) in [4.78, 5) is 17.3.